The molecule has 0 saturated carbocycles. The fraction of sp³-hybridized carbons (Fsp3) is 0.0588. The predicted octanol–water partition coefficient (Wildman–Crippen LogP) is 4.90. The molecule has 0 bridgehead atoms. The Labute approximate surface area is 135 Å². The number of fused-ring (bicyclic) bond motifs is 2. The minimum absolute atomic E-state index is 0.127. The van der Waals surface area contributed by atoms with Crippen LogP contribution in [0.15, 0.2) is 48.5 Å². The lowest BCUT2D eigenvalue weighted by Gasteiger charge is -2.04. The first kappa shape index (κ1) is 13.5. The molecular formula is C17H11ClN2OS. The molecule has 0 aliphatic rings. The molecule has 22 heavy (non-hydrogen) atoms. The van der Waals surface area contributed by atoms with Gasteiger partial charge in [-0.15, -0.1) is 11.3 Å². The van der Waals surface area contributed by atoms with E-state index in [4.69, 9.17) is 11.6 Å². The van der Waals surface area contributed by atoms with Gasteiger partial charge in [0.15, 0.2) is 0 Å². The van der Waals surface area contributed by atoms with Crippen molar-refractivity contribution in [3.8, 4) is 0 Å². The highest BCUT2D eigenvalue weighted by Crippen LogP contribution is 2.36. The molecule has 0 fully saturated rings. The molecule has 0 N–H and O–H groups in total. The Morgan fingerprint density at radius 3 is 2.68 bits per heavy atom. The van der Waals surface area contributed by atoms with E-state index in [9.17, 15) is 4.79 Å². The van der Waals surface area contributed by atoms with Crippen molar-refractivity contribution in [3.63, 3.8) is 0 Å². The van der Waals surface area contributed by atoms with Gasteiger partial charge in [-0.25, -0.2) is 4.98 Å². The first-order valence-electron chi connectivity index (χ1n) is 6.82. The maximum absolute atomic E-state index is 13.0. The van der Waals surface area contributed by atoms with E-state index >= 15 is 0 Å². The fourth-order valence-corrected chi connectivity index (χ4v) is 4.10. The van der Waals surface area contributed by atoms with Crippen molar-refractivity contribution >= 4 is 50.0 Å². The van der Waals surface area contributed by atoms with Gasteiger partial charge in [-0.05, 0) is 25.1 Å². The number of benzene rings is 2. The quantitative estimate of drug-likeness (QED) is 0.498. The molecule has 2 aromatic carbocycles. The van der Waals surface area contributed by atoms with Crippen molar-refractivity contribution in [1.82, 2.24) is 9.55 Å². The van der Waals surface area contributed by atoms with Gasteiger partial charge in [-0.2, -0.15) is 0 Å². The van der Waals surface area contributed by atoms with E-state index in [1.54, 1.807) is 4.57 Å². The van der Waals surface area contributed by atoms with Crippen molar-refractivity contribution in [1.29, 1.82) is 0 Å². The Bertz CT molecular complexity index is 1030. The Balaban J connectivity index is 1.96. The van der Waals surface area contributed by atoms with Crippen molar-refractivity contribution in [2.45, 2.75) is 6.92 Å². The third kappa shape index (κ3) is 1.88. The fourth-order valence-electron chi connectivity index (χ4n) is 2.66. The summed E-state index contributed by atoms with van der Waals surface area (Å²) in [5.74, 6) is 0.539. The topological polar surface area (TPSA) is 34.9 Å². The molecule has 0 unspecified atom stereocenters. The number of hydrogen-bond acceptors (Lipinski definition) is 3. The van der Waals surface area contributed by atoms with Crippen LogP contribution in [-0.4, -0.2) is 15.5 Å². The molecule has 2 aromatic heterocycles. The number of nitrogens with zero attached hydrogens (tertiary/aromatic N) is 2. The van der Waals surface area contributed by atoms with Crippen LogP contribution >= 0.6 is 22.9 Å². The average molecular weight is 327 g/mol. The number of halogens is 1. The SMILES string of the molecule is Cc1nc2ccccc2n1C(=O)c1sc2ccccc2c1Cl. The largest absolute Gasteiger partial charge is 0.275 e. The van der Waals surface area contributed by atoms with Gasteiger partial charge in [0.2, 0.25) is 0 Å². The zero-order valence-electron chi connectivity index (χ0n) is 11.7. The second kappa shape index (κ2) is 4.93. The summed E-state index contributed by atoms with van der Waals surface area (Å²) in [6.07, 6.45) is 0. The summed E-state index contributed by atoms with van der Waals surface area (Å²) in [6, 6.07) is 15.4. The molecule has 0 aliphatic carbocycles. The molecule has 3 nitrogen and oxygen atoms in total. The molecular weight excluding hydrogens is 316 g/mol. The predicted molar refractivity (Wildman–Crippen MR) is 91.0 cm³/mol. The first-order valence-corrected chi connectivity index (χ1v) is 8.02. The van der Waals surface area contributed by atoms with Crippen LogP contribution in [-0.2, 0) is 0 Å². The summed E-state index contributed by atoms with van der Waals surface area (Å²) >= 11 is 7.85. The van der Waals surface area contributed by atoms with E-state index in [1.165, 1.54) is 11.3 Å². The van der Waals surface area contributed by atoms with E-state index < -0.39 is 0 Å². The Morgan fingerprint density at radius 2 is 1.86 bits per heavy atom. The molecule has 0 saturated heterocycles. The zero-order valence-corrected chi connectivity index (χ0v) is 13.3. The van der Waals surface area contributed by atoms with Crippen LogP contribution in [0.1, 0.15) is 15.5 Å². The van der Waals surface area contributed by atoms with Crippen LogP contribution in [0.5, 0.6) is 0 Å². The first-order chi connectivity index (χ1) is 10.7. The van der Waals surface area contributed by atoms with Crippen LogP contribution < -0.4 is 0 Å². The second-order valence-corrected chi connectivity index (χ2v) is 6.46. The number of carbonyl (C=O) groups is 1. The lowest BCUT2D eigenvalue weighted by Crippen LogP contribution is -2.12. The van der Waals surface area contributed by atoms with Gasteiger partial charge in [0.25, 0.3) is 5.91 Å². The summed E-state index contributed by atoms with van der Waals surface area (Å²) < 4.78 is 2.64. The highest BCUT2D eigenvalue weighted by atomic mass is 35.5. The monoisotopic (exact) mass is 326 g/mol. The number of hydrogen-bond donors (Lipinski definition) is 0. The second-order valence-electron chi connectivity index (χ2n) is 5.03. The number of rotatable bonds is 1. The standard InChI is InChI=1S/C17H11ClN2OS/c1-10-19-12-7-3-4-8-13(12)20(10)17(21)16-15(18)11-6-2-5-9-14(11)22-16/h2-9H,1H3. The van der Waals surface area contributed by atoms with Gasteiger partial charge in [-0.3, -0.25) is 9.36 Å². The average Bonchev–Trinajstić information content (AvgIpc) is 3.04. The Hall–Kier alpha value is -2.17. The molecule has 0 aliphatic heterocycles. The summed E-state index contributed by atoms with van der Waals surface area (Å²) in [4.78, 5) is 18.0. The van der Waals surface area contributed by atoms with E-state index in [-0.39, 0.29) is 5.91 Å². The van der Waals surface area contributed by atoms with Crippen LogP contribution in [0, 0.1) is 6.92 Å². The minimum atomic E-state index is -0.127. The van der Waals surface area contributed by atoms with E-state index in [1.807, 2.05) is 55.5 Å². The molecule has 0 radical (unpaired) electrons. The van der Waals surface area contributed by atoms with Crippen molar-refractivity contribution in [3.05, 3.63) is 64.3 Å². The molecule has 4 aromatic rings. The van der Waals surface area contributed by atoms with Crippen molar-refractivity contribution in [2.75, 3.05) is 0 Å². The maximum atomic E-state index is 13.0. The lowest BCUT2D eigenvalue weighted by molar-refractivity contribution is 0.0966. The van der Waals surface area contributed by atoms with Gasteiger partial charge in [0.1, 0.15) is 10.7 Å². The molecule has 2 heterocycles. The van der Waals surface area contributed by atoms with Crippen molar-refractivity contribution < 1.29 is 4.79 Å². The van der Waals surface area contributed by atoms with Gasteiger partial charge < -0.3 is 0 Å². The third-order valence-corrected chi connectivity index (χ3v) is 5.32. The summed E-state index contributed by atoms with van der Waals surface area (Å²) in [5.41, 5.74) is 1.61. The molecule has 108 valence electrons. The van der Waals surface area contributed by atoms with Crippen LogP contribution in [0.2, 0.25) is 5.02 Å². The number of para-hydroxylation sites is 2. The zero-order chi connectivity index (χ0) is 15.3. The number of imidazole rings is 1. The minimum Gasteiger partial charge on any atom is -0.267 e. The van der Waals surface area contributed by atoms with E-state index in [0.29, 0.717) is 15.7 Å². The van der Waals surface area contributed by atoms with Gasteiger partial charge in [-0.1, -0.05) is 41.9 Å². The lowest BCUT2D eigenvalue weighted by atomic mass is 10.2. The maximum Gasteiger partial charge on any atom is 0.275 e. The number of aryl methyl sites for hydroxylation is 1. The number of aromatic nitrogens is 2. The van der Waals surface area contributed by atoms with Crippen LogP contribution in [0.3, 0.4) is 0 Å². The molecule has 0 amide bonds. The molecule has 0 spiro atoms. The summed E-state index contributed by atoms with van der Waals surface area (Å²) in [5, 5.41) is 1.43. The third-order valence-electron chi connectivity index (χ3n) is 3.66. The summed E-state index contributed by atoms with van der Waals surface area (Å²) in [7, 11) is 0. The Kier molecular flexibility index (Phi) is 3.03. The molecule has 0 atom stereocenters. The summed E-state index contributed by atoms with van der Waals surface area (Å²) in [6.45, 7) is 1.83. The van der Waals surface area contributed by atoms with Gasteiger partial charge in [0.05, 0.1) is 16.1 Å². The van der Waals surface area contributed by atoms with Crippen molar-refractivity contribution in [2.24, 2.45) is 0 Å². The van der Waals surface area contributed by atoms with Gasteiger partial charge in [0, 0.05) is 10.1 Å². The van der Waals surface area contributed by atoms with E-state index in [0.717, 1.165) is 21.1 Å². The normalized spacial score (nSPS) is 11.4. The number of thiophene rings is 1. The molecule has 5 heteroatoms. The van der Waals surface area contributed by atoms with Crippen LogP contribution in [0.4, 0.5) is 0 Å². The van der Waals surface area contributed by atoms with Gasteiger partial charge >= 0.3 is 0 Å². The highest BCUT2D eigenvalue weighted by Gasteiger charge is 2.21. The van der Waals surface area contributed by atoms with Crippen LogP contribution in [0.25, 0.3) is 21.1 Å². The molecule has 4 rings (SSSR count). The van der Waals surface area contributed by atoms with E-state index in [2.05, 4.69) is 4.98 Å². The smallest absolute Gasteiger partial charge is 0.267 e. The Morgan fingerprint density at radius 1 is 1.14 bits per heavy atom. The number of carbonyl (C=O) groups excluding carboxylic acids is 1. The highest BCUT2D eigenvalue weighted by molar-refractivity contribution is 7.21.